The zero-order valence-electron chi connectivity index (χ0n) is 9.99. The second-order valence-electron chi connectivity index (χ2n) is 3.52. The number of hydrogen-bond acceptors (Lipinski definition) is 6. The summed E-state index contributed by atoms with van der Waals surface area (Å²) in [6, 6.07) is 2.30. The van der Waals surface area contributed by atoms with E-state index >= 15 is 0 Å². The third-order valence-corrected chi connectivity index (χ3v) is 2.85. The summed E-state index contributed by atoms with van der Waals surface area (Å²) in [6.07, 6.45) is 1.92. The van der Waals surface area contributed by atoms with Crippen molar-refractivity contribution in [3.63, 3.8) is 0 Å². The van der Waals surface area contributed by atoms with Crippen molar-refractivity contribution in [3.8, 4) is 0 Å². The standard InChI is InChI=1S/C10H13N3O4S/c1-12(5-6-18-2)9-8(13(16)17)4-3-7(11-9)10(14)15/h3-4H,5-6H2,1-2H3,(H,14,15). The molecule has 7 nitrogen and oxygen atoms in total. The van der Waals surface area contributed by atoms with E-state index in [4.69, 9.17) is 5.11 Å². The molecule has 0 spiro atoms. The molecule has 0 saturated carbocycles. The Hall–Kier alpha value is -1.83. The molecule has 0 aromatic carbocycles. The van der Waals surface area contributed by atoms with Crippen molar-refractivity contribution in [2.24, 2.45) is 0 Å². The van der Waals surface area contributed by atoms with Crippen LogP contribution in [0.25, 0.3) is 0 Å². The number of thioether (sulfide) groups is 1. The number of nitro groups is 1. The number of carboxylic acid groups (broad SMARTS) is 1. The van der Waals surface area contributed by atoms with E-state index in [1.807, 2.05) is 6.26 Å². The van der Waals surface area contributed by atoms with E-state index in [9.17, 15) is 14.9 Å². The summed E-state index contributed by atoms with van der Waals surface area (Å²) in [4.78, 5) is 26.5. The molecule has 0 radical (unpaired) electrons. The van der Waals surface area contributed by atoms with Gasteiger partial charge < -0.3 is 10.0 Å². The zero-order valence-corrected chi connectivity index (χ0v) is 10.8. The van der Waals surface area contributed by atoms with Crippen LogP contribution in [0.2, 0.25) is 0 Å². The predicted molar refractivity (Wildman–Crippen MR) is 69.5 cm³/mol. The Labute approximate surface area is 108 Å². The minimum atomic E-state index is -1.20. The molecule has 1 aromatic rings. The van der Waals surface area contributed by atoms with Gasteiger partial charge in [0.15, 0.2) is 5.69 Å². The van der Waals surface area contributed by atoms with Crippen LogP contribution in [0.1, 0.15) is 10.5 Å². The highest BCUT2D eigenvalue weighted by molar-refractivity contribution is 7.98. The lowest BCUT2D eigenvalue weighted by Crippen LogP contribution is -2.23. The van der Waals surface area contributed by atoms with Gasteiger partial charge in [-0.2, -0.15) is 11.8 Å². The first-order valence-electron chi connectivity index (χ1n) is 5.06. The van der Waals surface area contributed by atoms with Gasteiger partial charge in [-0.25, -0.2) is 9.78 Å². The molecule has 1 aromatic heterocycles. The molecule has 0 aliphatic carbocycles. The number of aromatic nitrogens is 1. The third-order valence-electron chi connectivity index (χ3n) is 2.26. The summed E-state index contributed by atoms with van der Waals surface area (Å²) in [6.45, 7) is 0.554. The van der Waals surface area contributed by atoms with Gasteiger partial charge in [-0.15, -0.1) is 0 Å². The summed E-state index contributed by atoms with van der Waals surface area (Å²) in [5, 5.41) is 19.7. The van der Waals surface area contributed by atoms with Gasteiger partial charge >= 0.3 is 11.7 Å². The topological polar surface area (TPSA) is 96.6 Å². The van der Waals surface area contributed by atoms with Gasteiger partial charge in [0.05, 0.1) is 4.92 Å². The summed E-state index contributed by atoms with van der Waals surface area (Å²) in [5.74, 6) is -0.356. The summed E-state index contributed by atoms with van der Waals surface area (Å²) < 4.78 is 0. The largest absolute Gasteiger partial charge is 0.477 e. The molecule has 8 heteroatoms. The molecule has 0 fully saturated rings. The van der Waals surface area contributed by atoms with Gasteiger partial charge in [0.2, 0.25) is 5.82 Å². The maximum atomic E-state index is 10.9. The molecule has 1 heterocycles. The second kappa shape index (κ2) is 6.20. The minimum Gasteiger partial charge on any atom is -0.477 e. The van der Waals surface area contributed by atoms with Crippen molar-refractivity contribution in [3.05, 3.63) is 27.9 Å². The number of carbonyl (C=O) groups is 1. The van der Waals surface area contributed by atoms with E-state index in [2.05, 4.69) is 4.98 Å². The lowest BCUT2D eigenvalue weighted by molar-refractivity contribution is -0.384. The van der Waals surface area contributed by atoms with Crippen LogP contribution < -0.4 is 4.90 Å². The number of hydrogen-bond donors (Lipinski definition) is 1. The SMILES string of the molecule is CSCCN(C)c1nc(C(=O)O)ccc1[N+](=O)[O-]. The molecule has 18 heavy (non-hydrogen) atoms. The van der Waals surface area contributed by atoms with Crippen molar-refractivity contribution in [2.75, 3.05) is 30.5 Å². The Morgan fingerprint density at radius 2 is 2.28 bits per heavy atom. The first-order valence-corrected chi connectivity index (χ1v) is 6.45. The first-order chi connectivity index (χ1) is 8.47. The van der Waals surface area contributed by atoms with E-state index in [-0.39, 0.29) is 17.2 Å². The highest BCUT2D eigenvalue weighted by Crippen LogP contribution is 2.25. The Morgan fingerprint density at radius 1 is 1.61 bits per heavy atom. The number of nitrogens with zero attached hydrogens (tertiary/aromatic N) is 3. The highest BCUT2D eigenvalue weighted by atomic mass is 32.2. The van der Waals surface area contributed by atoms with Crippen molar-refractivity contribution in [2.45, 2.75) is 0 Å². The van der Waals surface area contributed by atoms with Crippen LogP contribution in [-0.2, 0) is 0 Å². The maximum Gasteiger partial charge on any atom is 0.354 e. The Kier molecular flexibility index (Phi) is 4.90. The number of rotatable bonds is 6. The lowest BCUT2D eigenvalue weighted by Gasteiger charge is -2.17. The summed E-state index contributed by atoms with van der Waals surface area (Å²) >= 11 is 1.59. The molecule has 98 valence electrons. The fourth-order valence-corrected chi connectivity index (χ4v) is 1.77. The fraction of sp³-hybridized carbons (Fsp3) is 0.400. The Morgan fingerprint density at radius 3 is 2.78 bits per heavy atom. The lowest BCUT2D eigenvalue weighted by atomic mass is 10.3. The number of anilines is 1. The smallest absolute Gasteiger partial charge is 0.354 e. The van der Waals surface area contributed by atoms with Gasteiger partial charge in [-0.3, -0.25) is 10.1 Å². The third kappa shape index (κ3) is 3.33. The summed E-state index contributed by atoms with van der Waals surface area (Å²) in [7, 11) is 1.65. The molecular weight excluding hydrogens is 258 g/mol. The van der Waals surface area contributed by atoms with Gasteiger partial charge in [0.25, 0.3) is 0 Å². The van der Waals surface area contributed by atoms with Crippen LogP contribution in [-0.4, -0.2) is 46.6 Å². The van der Waals surface area contributed by atoms with Crippen LogP contribution in [0.15, 0.2) is 12.1 Å². The zero-order chi connectivity index (χ0) is 13.7. The van der Waals surface area contributed by atoms with Crippen molar-refractivity contribution < 1.29 is 14.8 Å². The Balaban J connectivity index is 3.14. The van der Waals surface area contributed by atoms with Crippen LogP contribution in [0, 0.1) is 10.1 Å². The average Bonchev–Trinajstić information content (AvgIpc) is 2.34. The molecule has 1 N–H and O–H groups in total. The molecule has 1 rings (SSSR count). The fourth-order valence-electron chi connectivity index (χ4n) is 1.32. The molecule has 0 bridgehead atoms. The normalized spacial score (nSPS) is 10.1. The quantitative estimate of drug-likeness (QED) is 0.618. The van der Waals surface area contributed by atoms with Crippen molar-refractivity contribution >= 4 is 29.2 Å². The maximum absolute atomic E-state index is 10.9. The van der Waals surface area contributed by atoms with E-state index in [1.165, 1.54) is 6.07 Å². The molecular formula is C10H13N3O4S. The molecule has 0 unspecified atom stereocenters. The minimum absolute atomic E-state index is 0.0777. The van der Waals surface area contributed by atoms with Crippen LogP contribution in [0.4, 0.5) is 11.5 Å². The van der Waals surface area contributed by atoms with Crippen LogP contribution in [0.5, 0.6) is 0 Å². The molecule has 0 amide bonds. The average molecular weight is 271 g/mol. The highest BCUT2D eigenvalue weighted by Gasteiger charge is 2.21. The van der Waals surface area contributed by atoms with Gasteiger partial charge in [0.1, 0.15) is 0 Å². The van der Waals surface area contributed by atoms with E-state index in [0.29, 0.717) is 6.54 Å². The number of carboxylic acids is 1. The van der Waals surface area contributed by atoms with Gasteiger partial charge in [-0.05, 0) is 12.3 Å². The summed E-state index contributed by atoms with van der Waals surface area (Å²) in [5.41, 5.74) is -0.393. The van der Waals surface area contributed by atoms with Gasteiger partial charge in [-0.1, -0.05) is 0 Å². The van der Waals surface area contributed by atoms with Crippen LogP contribution >= 0.6 is 11.8 Å². The van der Waals surface area contributed by atoms with Crippen LogP contribution in [0.3, 0.4) is 0 Å². The number of pyridine rings is 1. The Bertz CT molecular complexity index is 466. The second-order valence-corrected chi connectivity index (χ2v) is 4.50. The van der Waals surface area contributed by atoms with E-state index in [0.717, 1.165) is 11.8 Å². The van der Waals surface area contributed by atoms with Crippen molar-refractivity contribution in [1.29, 1.82) is 0 Å². The van der Waals surface area contributed by atoms with E-state index in [1.54, 1.807) is 23.7 Å². The monoisotopic (exact) mass is 271 g/mol. The predicted octanol–water partition coefficient (Wildman–Crippen LogP) is 1.49. The number of aromatic carboxylic acids is 1. The van der Waals surface area contributed by atoms with Gasteiger partial charge in [0, 0.05) is 25.4 Å². The first kappa shape index (κ1) is 14.2. The molecule has 0 aliphatic rings. The molecule has 0 atom stereocenters. The molecule has 0 aliphatic heterocycles. The van der Waals surface area contributed by atoms with Crippen molar-refractivity contribution in [1.82, 2.24) is 4.98 Å². The molecule has 0 saturated heterocycles. The van der Waals surface area contributed by atoms with E-state index < -0.39 is 10.9 Å².